The van der Waals surface area contributed by atoms with E-state index in [0.29, 0.717) is 18.9 Å². The summed E-state index contributed by atoms with van der Waals surface area (Å²) in [6.07, 6.45) is 6.97. The Morgan fingerprint density at radius 2 is 1.76 bits per heavy atom. The fourth-order valence-corrected chi connectivity index (χ4v) is 3.34. The van der Waals surface area contributed by atoms with Gasteiger partial charge in [0.05, 0.1) is 0 Å². The van der Waals surface area contributed by atoms with E-state index in [2.05, 4.69) is 12.2 Å². The fourth-order valence-electron chi connectivity index (χ4n) is 3.34. The van der Waals surface area contributed by atoms with Crippen LogP contribution in [0.5, 0.6) is 0 Å². The Bertz CT molecular complexity index is 414. The molecule has 118 valence electrons. The van der Waals surface area contributed by atoms with E-state index in [1.807, 2.05) is 6.92 Å². The number of amides is 4. The first kappa shape index (κ1) is 16.0. The molecule has 4 amide bonds. The van der Waals surface area contributed by atoms with Crippen molar-refractivity contribution >= 4 is 17.8 Å². The summed E-state index contributed by atoms with van der Waals surface area (Å²) in [5, 5.41) is 2.32. The van der Waals surface area contributed by atoms with Crippen LogP contribution in [0, 0.1) is 17.8 Å². The Labute approximate surface area is 126 Å². The van der Waals surface area contributed by atoms with Crippen molar-refractivity contribution in [3.05, 3.63) is 0 Å². The molecule has 0 spiro atoms. The quantitative estimate of drug-likeness (QED) is 0.793. The molecule has 1 N–H and O–H groups in total. The minimum absolute atomic E-state index is 0.310. The van der Waals surface area contributed by atoms with Gasteiger partial charge in [-0.2, -0.15) is 0 Å². The predicted molar refractivity (Wildman–Crippen MR) is 79.4 cm³/mol. The molecule has 1 aliphatic heterocycles. The first-order valence-electron chi connectivity index (χ1n) is 8.19. The van der Waals surface area contributed by atoms with Gasteiger partial charge >= 0.3 is 6.03 Å². The monoisotopic (exact) mass is 294 g/mol. The van der Waals surface area contributed by atoms with Gasteiger partial charge in [-0.3, -0.25) is 19.8 Å². The van der Waals surface area contributed by atoms with E-state index < -0.39 is 17.9 Å². The molecule has 5 heteroatoms. The average Bonchev–Trinajstić information content (AvgIpc) is 2.45. The zero-order chi connectivity index (χ0) is 15.4. The summed E-state index contributed by atoms with van der Waals surface area (Å²) < 4.78 is 0. The van der Waals surface area contributed by atoms with Crippen molar-refractivity contribution in [1.29, 1.82) is 0 Å². The molecule has 21 heavy (non-hydrogen) atoms. The van der Waals surface area contributed by atoms with Gasteiger partial charge in [-0.05, 0) is 24.7 Å². The van der Waals surface area contributed by atoms with Gasteiger partial charge in [-0.15, -0.1) is 0 Å². The maximum Gasteiger partial charge on any atom is 0.330 e. The highest BCUT2D eigenvalue weighted by Gasteiger charge is 2.39. The summed E-state index contributed by atoms with van der Waals surface area (Å²) in [7, 11) is 0. The molecular weight excluding hydrogens is 268 g/mol. The third-order valence-corrected chi connectivity index (χ3v) is 4.83. The molecule has 2 rings (SSSR count). The molecule has 1 saturated carbocycles. The van der Waals surface area contributed by atoms with Crippen molar-refractivity contribution in [1.82, 2.24) is 10.2 Å². The van der Waals surface area contributed by atoms with E-state index in [1.165, 1.54) is 30.6 Å². The van der Waals surface area contributed by atoms with Crippen LogP contribution in [-0.2, 0) is 9.59 Å². The number of nitrogens with zero attached hydrogens (tertiary/aromatic N) is 1. The molecule has 1 aliphatic carbocycles. The van der Waals surface area contributed by atoms with Crippen molar-refractivity contribution in [3.63, 3.8) is 0 Å². The van der Waals surface area contributed by atoms with Crippen LogP contribution in [0.2, 0.25) is 0 Å². The van der Waals surface area contributed by atoms with Crippen molar-refractivity contribution in [2.45, 2.75) is 58.8 Å². The zero-order valence-corrected chi connectivity index (χ0v) is 13.1. The molecule has 0 aromatic rings. The number of carbonyl (C=O) groups excluding carboxylic acids is 3. The van der Waals surface area contributed by atoms with E-state index in [9.17, 15) is 14.4 Å². The Hall–Kier alpha value is -1.39. The lowest BCUT2D eigenvalue weighted by molar-refractivity contribution is -0.143. The second-order valence-electron chi connectivity index (χ2n) is 6.54. The number of hydrogen-bond acceptors (Lipinski definition) is 3. The van der Waals surface area contributed by atoms with Gasteiger partial charge in [0, 0.05) is 6.54 Å². The smallest absolute Gasteiger partial charge is 0.277 e. The van der Waals surface area contributed by atoms with Gasteiger partial charge in [0.1, 0.15) is 5.92 Å². The molecule has 1 unspecified atom stereocenters. The van der Waals surface area contributed by atoms with Gasteiger partial charge in [0.15, 0.2) is 0 Å². The molecule has 0 aromatic carbocycles. The van der Waals surface area contributed by atoms with Gasteiger partial charge in [0.2, 0.25) is 11.8 Å². The minimum atomic E-state index is -0.681. The van der Waals surface area contributed by atoms with Crippen LogP contribution in [0.1, 0.15) is 58.8 Å². The van der Waals surface area contributed by atoms with Crippen LogP contribution in [0.4, 0.5) is 4.79 Å². The van der Waals surface area contributed by atoms with Gasteiger partial charge < -0.3 is 0 Å². The third-order valence-electron chi connectivity index (χ3n) is 4.83. The normalized spacial score (nSPS) is 30.5. The molecule has 0 aromatic heterocycles. The fraction of sp³-hybridized carbons (Fsp3) is 0.812. The molecule has 1 saturated heterocycles. The summed E-state index contributed by atoms with van der Waals surface area (Å²) in [5.74, 6) is -0.0276. The second-order valence-corrected chi connectivity index (χ2v) is 6.54. The molecule has 2 aliphatic rings. The summed E-state index contributed by atoms with van der Waals surface area (Å²) >= 11 is 0. The maximum atomic E-state index is 12.3. The number of barbiturate groups is 1. The number of nitrogens with one attached hydrogen (secondary N) is 1. The van der Waals surface area contributed by atoms with E-state index in [-0.39, 0.29) is 5.91 Å². The lowest BCUT2D eigenvalue weighted by Crippen LogP contribution is -2.58. The summed E-state index contributed by atoms with van der Waals surface area (Å²) in [6.45, 7) is 4.65. The van der Waals surface area contributed by atoms with Gasteiger partial charge in [0.25, 0.3) is 0 Å². The first-order valence-corrected chi connectivity index (χ1v) is 8.19. The zero-order valence-electron chi connectivity index (χ0n) is 13.1. The highest BCUT2D eigenvalue weighted by molar-refractivity contribution is 6.16. The van der Waals surface area contributed by atoms with Gasteiger partial charge in [-0.1, -0.05) is 46.0 Å². The van der Waals surface area contributed by atoms with Crippen molar-refractivity contribution in [3.8, 4) is 0 Å². The molecule has 5 nitrogen and oxygen atoms in total. The molecule has 0 radical (unpaired) electrons. The van der Waals surface area contributed by atoms with Crippen LogP contribution in [0.3, 0.4) is 0 Å². The highest BCUT2D eigenvalue weighted by Crippen LogP contribution is 2.30. The third kappa shape index (κ3) is 3.83. The Morgan fingerprint density at radius 1 is 1.10 bits per heavy atom. The first-order chi connectivity index (χ1) is 10.0. The summed E-state index contributed by atoms with van der Waals surface area (Å²) in [6, 6.07) is -0.540. The Kier molecular flexibility index (Phi) is 5.37. The van der Waals surface area contributed by atoms with Crippen LogP contribution in [0.25, 0.3) is 0 Å². The molecule has 2 fully saturated rings. The van der Waals surface area contributed by atoms with Crippen molar-refractivity contribution < 1.29 is 14.4 Å². The van der Waals surface area contributed by atoms with Crippen LogP contribution < -0.4 is 5.32 Å². The summed E-state index contributed by atoms with van der Waals surface area (Å²) in [4.78, 5) is 37.1. The number of urea groups is 1. The summed E-state index contributed by atoms with van der Waals surface area (Å²) in [5.41, 5.74) is 0. The Balaban J connectivity index is 1.90. The molecule has 0 bridgehead atoms. The molecule has 1 heterocycles. The highest BCUT2D eigenvalue weighted by atomic mass is 16.2. The lowest BCUT2D eigenvalue weighted by atomic mass is 9.81. The maximum absolute atomic E-state index is 12.3. The van der Waals surface area contributed by atoms with Crippen LogP contribution >= 0.6 is 0 Å². The second kappa shape index (κ2) is 7.05. The Morgan fingerprint density at radius 3 is 2.38 bits per heavy atom. The SMILES string of the molecule is CCCC1C(=O)NC(=O)N(CCC2CCC(C)CC2)C1=O. The number of carbonyl (C=O) groups is 3. The van der Waals surface area contributed by atoms with E-state index in [1.54, 1.807) is 0 Å². The van der Waals surface area contributed by atoms with E-state index in [4.69, 9.17) is 0 Å². The number of imide groups is 2. The lowest BCUT2D eigenvalue weighted by Gasteiger charge is -2.32. The van der Waals surface area contributed by atoms with E-state index >= 15 is 0 Å². The van der Waals surface area contributed by atoms with Crippen molar-refractivity contribution in [2.75, 3.05) is 6.54 Å². The average molecular weight is 294 g/mol. The largest absolute Gasteiger partial charge is 0.330 e. The standard InChI is InChI=1S/C16H26N2O3/c1-3-4-13-14(19)17-16(21)18(15(13)20)10-9-12-7-5-11(2)6-8-12/h11-13H,3-10H2,1-2H3,(H,17,19,21). The minimum Gasteiger partial charge on any atom is -0.277 e. The van der Waals surface area contributed by atoms with Gasteiger partial charge in [-0.25, -0.2) is 4.79 Å². The van der Waals surface area contributed by atoms with Crippen LogP contribution in [-0.4, -0.2) is 29.3 Å². The van der Waals surface area contributed by atoms with Crippen LogP contribution in [0.15, 0.2) is 0 Å². The van der Waals surface area contributed by atoms with E-state index in [0.717, 1.165) is 18.8 Å². The molecule has 1 atom stereocenters. The topological polar surface area (TPSA) is 66.5 Å². The van der Waals surface area contributed by atoms with Crippen molar-refractivity contribution in [2.24, 2.45) is 17.8 Å². The molecular formula is C16H26N2O3. The number of hydrogen-bond donors (Lipinski definition) is 1. The predicted octanol–water partition coefficient (Wildman–Crippen LogP) is 2.70. The number of rotatable bonds is 5.